The van der Waals surface area contributed by atoms with Gasteiger partial charge in [0.25, 0.3) is 0 Å². The molecular formula is C19H15BO4. The minimum atomic E-state index is -1.51. The van der Waals surface area contributed by atoms with Gasteiger partial charge in [0.05, 0.1) is 0 Å². The van der Waals surface area contributed by atoms with E-state index >= 15 is 0 Å². The van der Waals surface area contributed by atoms with Gasteiger partial charge in [0.15, 0.2) is 0 Å². The topological polar surface area (TPSA) is 62.8 Å². The lowest BCUT2D eigenvalue weighted by Crippen LogP contribution is -2.29. The van der Waals surface area contributed by atoms with Gasteiger partial charge >= 0.3 is 7.12 Å². The zero-order chi connectivity index (χ0) is 16.7. The molecule has 0 fully saturated rings. The fraction of sp³-hybridized carbons (Fsp3) is 0.0526. The van der Waals surface area contributed by atoms with Gasteiger partial charge in [0.2, 0.25) is 0 Å². The van der Waals surface area contributed by atoms with E-state index in [-0.39, 0.29) is 0 Å². The molecule has 24 heavy (non-hydrogen) atoms. The fourth-order valence-corrected chi connectivity index (χ4v) is 2.80. The first-order chi connectivity index (χ1) is 11.6. The van der Waals surface area contributed by atoms with Crippen LogP contribution in [0, 0.1) is 6.92 Å². The molecule has 4 rings (SSSR count). The molecule has 2 N–H and O–H groups in total. The van der Waals surface area contributed by atoms with Crippen LogP contribution in [0.3, 0.4) is 0 Å². The Morgan fingerprint density at radius 3 is 2.33 bits per heavy atom. The zero-order valence-electron chi connectivity index (χ0n) is 13.1. The predicted molar refractivity (Wildman–Crippen MR) is 94.8 cm³/mol. The molecule has 0 bridgehead atoms. The Kier molecular flexibility index (Phi) is 3.52. The van der Waals surface area contributed by atoms with Crippen LogP contribution in [0.1, 0.15) is 5.56 Å². The summed E-state index contributed by atoms with van der Waals surface area (Å²) in [6.07, 6.45) is 0. The summed E-state index contributed by atoms with van der Waals surface area (Å²) in [4.78, 5) is 0. The summed E-state index contributed by atoms with van der Waals surface area (Å²) in [6, 6.07) is 18.6. The number of hydrogen-bond acceptors (Lipinski definition) is 4. The number of fused-ring (bicyclic) bond motifs is 3. The van der Waals surface area contributed by atoms with Crippen LogP contribution in [0.2, 0.25) is 0 Å². The molecule has 0 unspecified atom stereocenters. The van der Waals surface area contributed by atoms with Crippen LogP contribution in [-0.4, -0.2) is 17.2 Å². The highest BCUT2D eigenvalue weighted by molar-refractivity contribution is 6.59. The van der Waals surface area contributed by atoms with Crippen molar-refractivity contribution < 1.29 is 19.2 Å². The summed E-state index contributed by atoms with van der Waals surface area (Å²) in [7, 11) is -1.51. The predicted octanol–water partition coefficient (Wildman–Crippen LogP) is 3.37. The second-order valence-electron chi connectivity index (χ2n) is 5.76. The van der Waals surface area contributed by atoms with Crippen molar-refractivity contribution in [3.63, 3.8) is 0 Å². The van der Waals surface area contributed by atoms with Gasteiger partial charge in [-0.3, -0.25) is 0 Å². The van der Waals surface area contributed by atoms with Gasteiger partial charge in [0, 0.05) is 10.8 Å². The third kappa shape index (κ3) is 2.54. The van der Waals surface area contributed by atoms with Crippen LogP contribution in [-0.2, 0) is 0 Å². The van der Waals surface area contributed by atoms with Gasteiger partial charge in [0.1, 0.15) is 22.7 Å². The molecule has 0 radical (unpaired) electrons. The molecule has 1 aromatic heterocycles. The summed E-state index contributed by atoms with van der Waals surface area (Å²) in [6.45, 7) is 2.00. The number of rotatable bonds is 3. The number of aryl methyl sites for hydroxylation is 1. The first kappa shape index (κ1) is 14.8. The van der Waals surface area contributed by atoms with Crippen molar-refractivity contribution in [2.24, 2.45) is 0 Å². The minimum absolute atomic E-state index is 0.426. The molecule has 3 aromatic carbocycles. The molecule has 4 aromatic rings. The maximum Gasteiger partial charge on any atom is 0.488 e. The summed E-state index contributed by atoms with van der Waals surface area (Å²) >= 11 is 0. The molecule has 5 heteroatoms. The second kappa shape index (κ2) is 5.71. The summed E-state index contributed by atoms with van der Waals surface area (Å²) in [5.74, 6) is 1.51. The van der Waals surface area contributed by atoms with E-state index in [0.717, 1.165) is 27.7 Å². The number of hydrogen-bond donors (Lipinski definition) is 2. The van der Waals surface area contributed by atoms with Crippen molar-refractivity contribution >= 4 is 34.5 Å². The fourth-order valence-electron chi connectivity index (χ4n) is 2.80. The third-order valence-electron chi connectivity index (χ3n) is 4.08. The third-order valence-corrected chi connectivity index (χ3v) is 4.08. The van der Waals surface area contributed by atoms with Crippen LogP contribution in [0.4, 0.5) is 0 Å². The number of furan rings is 1. The van der Waals surface area contributed by atoms with Crippen molar-refractivity contribution in [1.82, 2.24) is 0 Å². The van der Waals surface area contributed by atoms with Crippen molar-refractivity contribution in [3.05, 3.63) is 66.2 Å². The van der Waals surface area contributed by atoms with Crippen molar-refractivity contribution in [2.75, 3.05) is 0 Å². The maximum absolute atomic E-state index is 9.37. The molecule has 0 saturated heterocycles. The first-order valence-corrected chi connectivity index (χ1v) is 7.67. The van der Waals surface area contributed by atoms with Gasteiger partial charge in [-0.1, -0.05) is 30.3 Å². The Balaban J connectivity index is 1.83. The highest BCUT2D eigenvalue weighted by atomic mass is 16.5. The average Bonchev–Trinajstić information content (AvgIpc) is 2.94. The molecule has 118 valence electrons. The quantitative estimate of drug-likeness (QED) is 0.569. The number of para-hydroxylation sites is 1. The van der Waals surface area contributed by atoms with E-state index in [0.29, 0.717) is 16.8 Å². The lowest BCUT2D eigenvalue weighted by Gasteiger charge is -2.08. The Labute approximate surface area is 139 Å². The largest absolute Gasteiger partial charge is 0.488 e. The molecule has 1 heterocycles. The van der Waals surface area contributed by atoms with Crippen LogP contribution in [0.5, 0.6) is 11.5 Å². The van der Waals surface area contributed by atoms with E-state index in [9.17, 15) is 10.0 Å². The van der Waals surface area contributed by atoms with Gasteiger partial charge in [-0.2, -0.15) is 0 Å². The molecule has 0 aliphatic heterocycles. The van der Waals surface area contributed by atoms with Crippen molar-refractivity contribution in [1.29, 1.82) is 0 Å². The van der Waals surface area contributed by atoms with Crippen LogP contribution in [0.15, 0.2) is 65.1 Å². The van der Waals surface area contributed by atoms with E-state index in [1.165, 1.54) is 0 Å². The smallest absolute Gasteiger partial charge is 0.457 e. The molecular weight excluding hydrogens is 303 g/mol. The average molecular weight is 318 g/mol. The van der Waals surface area contributed by atoms with E-state index in [4.69, 9.17) is 9.15 Å². The molecule has 0 spiro atoms. The van der Waals surface area contributed by atoms with Gasteiger partial charge in [-0.25, -0.2) is 0 Å². The minimum Gasteiger partial charge on any atom is -0.457 e. The highest BCUT2D eigenvalue weighted by Crippen LogP contribution is 2.33. The van der Waals surface area contributed by atoms with Gasteiger partial charge in [-0.15, -0.1) is 0 Å². The lowest BCUT2D eigenvalue weighted by atomic mass is 9.80. The Morgan fingerprint density at radius 1 is 0.875 bits per heavy atom. The Bertz CT molecular complexity index is 1040. The van der Waals surface area contributed by atoms with Gasteiger partial charge < -0.3 is 19.2 Å². The molecule has 0 atom stereocenters. The highest BCUT2D eigenvalue weighted by Gasteiger charge is 2.15. The number of benzene rings is 3. The van der Waals surface area contributed by atoms with Gasteiger partial charge in [-0.05, 0) is 48.3 Å². The Hall–Kier alpha value is -2.76. The SMILES string of the molecule is Cc1ccccc1Oc1ccc2oc3ccc(B(O)O)cc3c2c1. The van der Waals surface area contributed by atoms with Crippen LogP contribution >= 0.6 is 0 Å². The molecule has 0 saturated carbocycles. The van der Waals surface area contributed by atoms with Crippen LogP contribution < -0.4 is 10.2 Å². The lowest BCUT2D eigenvalue weighted by molar-refractivity contribution is 0.426. The Morgan fingerprint density at radius 2 is 1.58 bits per heavy atom. The van der Waals surface area contributed by atoms with Crippen molar-refractivity contribution in [2.45, 2.75) is 6.92 Å². The van der Waals surface area contributed by atoms with E-state index in [1.54, 1.807) is 18.2 Å². The summed E-state index contributed by atoms with van der Waals surface area (Å²) in [5, 5.41) is 20.4. The first-order valence-electron chi connectivity index (χ1n) is 7.67. The molecule has 0 amide bonds. The number of ether oxygens (including phenoxy) is 1. The van der Waals surface area contributed by atoms with Crippen molar-refractivity contribution in [3.8, 4) is 11.5 Å². The van der Waals surface area contributed by atoms with E-state index in [1.807, 2.05) is 49.4 Å². The van der Waals surface area contributed by atoms with E-state index in [2.05, 4.69) is 0 Å². The van der Waals surface area contributed by atoms with E-state index < -0.39 is 7.12 Å². The second-order valence-corrected chi connectivity index (χ2v) is 5.76. The molecule has 0 aliphatic carbocycles. The summed E-state index contributed by atoms with van der Waals surface area (Å²) < 4.78 is 11.8. The monoisotopic (exact) mass is 318 g/mol. The molecule has 0 aliphatic rings. The normalized spacial score (nSPS) is 11.1. The maximum atomic E-state index is 9.37. The van der Waals surface area contributed by atoms with Crippen LogP contribution in [0.25, 0.3) is 21.9 Å². The standard InChI is InChI=1S/C19H15BO4/c1-12-4-2-3-5-17(12)23-14-7-9-19-16(11-14)15-10-13(20(21)22)6-8-18(15)24-19/h2-11,21-22H,1H3. The zero-order valence-corrected chi connectivity index (χ0v) is 13.1. The summed E-state index contributed by atoms with van der Waals surface area (Å²) in [5.41, 5.74) is 2.91. The molecule has 4 nitrogen and oxygen atoms in total.